The normalized spacial score (nSPS) is 18.6. The van der Waals surface area contributed by atoms with E-state index in [2.05, 4.69) is 13.8 Å². The first-order chi connectivity index (χ1) is 8.69. The predicted octanol–water partition coefficient (Wildman–Crippen LogP) is 4.86. The molecule has 0 aliphatic heterocycles. The highest BCUT2D eigenvalue weighted by Crippen LogP contribution is 2.36. The van der Waals surface area contributed by atoms with Crippen LogP contribution in [-0.2, 0) is 9.53 Å². The third-order valence-corrected chi connectivity index (χ3v) is 4.18. The van der Waals surface area contributed by atoms with Gasteiger partial charge in [-0.25, -0.2) is 0 Å². The molecule has 0 heterocycles. The van der Waals surface area contributed by atoms with Gasteiger partial charge in [-0.3, -0.25) is 4.79 Å². The van der Waals surface area contributed by atoms with Gasteiger partial charge in [0.15, 0.2) is 0 Å². The van der Waals surface area contributed by atoms with Gasteiger partial charge in [0.1, 0.15) is 0 Å². The van der Waals surface area contributed by atoms with Gasteiger partial charge in [0.05, 0.1) is 12.0 Å². The SMILES string of the molecule is CCCCCCCCOC(=O)C1(C)CCCCC1. The number of rotatable bonds is 8. The summed E-state index contributed by atoms with van der Waals surface area (Å²) in [6.45, 7) is 4.93. The van der Waals surface area contributed by atoms with Crippen LogP contribution in [0.4, 0.5) is 0 Å². The van der Waals surface area contributed by atoms with E-state index in [1.54, 1.807) is 0 Å². The number of ether oxygens (including phenoxy) is 1. The van der Waals surface area contributed by atoms with E-state index in [1.165, 1.54) is 51.4 Å². The number of esters is 1. The summed E-state index contributed by atoms with van der Waals surface area (Å²) >= 11 is 0. The zero-order valence-corrected chi connectivity index (χ0v) is 12.3. The van der Waals surface area contributed by atoms with Crippen molar-refractivity contribution in [3.63, 3.8) is 0 Å². The second kappa shape index (κ2) is 8.55. The standard InChI is InChI=1S/C16H30O2/c1-3-4-5-6-7-11-14-18-15(17)16(2)12-9-8-10-13-16/h3-14H2,1-2H3. The van der Waals surface area contributed by atoms with Crippen molar-refractivity contribution >= 4 is 5.97 Å². The van der Waals surface area contributed by atoms with Crippen molar-refractivity contribution < 1.29 is 9.53 Å². The average molecular weight is 254 g/mol. The number of carbonyl (C=O) groups excluding carboxylic acids is 1. The maximum Gasteiger partial charge on any atom is 0.311 e. The molecule has 2 nitrogen and oxygen atoms in total. The van der Waals surface area contributed by atoms with Crippen molar-refractivity contribution in [3.05, 3.63) is 0 Å². The predicted molar refractivity (Wildman–Crippen MR) is 75.5 cm³/mol. The van der Waals surface area contributed by atoms with Gasteiger partial charge < -0.3 is 4.74 Å². The Morgan fingerprint density at radius 1 is 1.00 bits per heavy atom. The molecule has 106 valence electrons. The lowest BCUT2D eigenvalue weighted by atomic mass is 9.76. The molecule has 1 aliphatic carbocycles. The molecule has 1 saturated carbocycles. The van der Waals surface area contributed by atoms with Gasteiger partial charge in [-0.05, 0) is 26.2 Å². The van der Waals surface area contributed by atoms with Gasteiger partial charge >= 0.3 is 5.97 Å². The molecule has 0 N–H and O–H groups in total. The van der Waals surface area contributed by atoms with E-state index in [9.17, 15) is 4.79 Å². The van der Waals surface area contributed by atoms with Crippen molar-refractivity contribution in [3.8, 4) is 0 Å². The lowest BCUT2D eigenvalue weighted by molar-refractivity contribution is -0.157. The molecule has 0 atom stereocenters. The minimum absolute atomic E-state index is 0.0516. The molecule has 18 heavy (non-hydrogen) atoms. The molecule has 1 aliphatic rings. The van der Waals surface area contributed by atoms with Crippen LogP contribution in [0.2, 0.25) is 0 Å². The first-order valence-corrected chi connectivity index (χ1v) is 7.86. The Morgan fingerprint density at radius 3 is 2.28 bits per heavy atom. The van der Waals surface area contributed by atoms with Gasteiger partial charge in [0, 0.05) is 0 Å². The van der Waals surface area contributed by atoms with Crippen molar-refractivity contribution in [2.45, 2.75) is 84.5 Å². The smallest absolute Gasteiger partial charge is 0.311 e. The second-order valence-corrected chi connectivity index (χ2v) is 6.03. The number of hydrogen-bond acceptors (Lipinski definition) is 2. The molecule has 2 heteroatoms. The lowest BCUT2D eigenvalue weighted by Gasteiger charge is -2.30. The van der Waals surface area contributed by atoms with Crippen LogP contribution >= 0.6 is 0 Å². The highest BCUT2D eigenvalue weighted by molar-refractivity contribution is 5.76. The quantitative estimate of drug-likeness (QED) is 0.456. The number of unbranched alkanes of at least 4 members (excludes halogenated alkanes) is 5. The highest BCUT2D eigenvalue weighted by atomic mass is 16.5. The van der Waals surface area contributed by atoms with Crippen LogP contribution in [0.3, 0.4) is 0 Å². The van der Waals surface area contributed by atoms with Crippen molar-refractivity contribution in [1.82, 2.24) is 0 Å². The van der Waals surface area contributed by atoms with E-state index >= 15 is 0 Å². The zero-order chi connectivity index (χ0) is 13.3. The highest BCUT2D eigenvalue weighted by Gasteiger charge is 2.35. The number of carbonyl (C=O) groups is 1. The first-order valence-electron chi connectivity index (χ1n) is 7.86. The van der Waals surface area contributed by atoms with Crippen LogP contribution < -0.4 is 0 Å². The Balaban J connectivity index is 2.05. The molecular formula is C16H30O2. The molecule has 0 bridgehead atoms. The summed E-state index contributed by atoms with van der Waals surface area (Å²) in [5.74, 6) is 0.0516. The third-order valence-electron chi connectivity index (χ3n) is 4.18. The molecule has 0 unspecified atom stereocenters. The van der Waals surface area contributed by atoms with Crippen LogP contribution in [0.25, 0.3) is 0 Å². The molecule has 0 spiro atoms. The molecule has 1 fully saturated rings. The van der Waals surface area contributed by atoms with E-state index in [-0.39, 0.29) is 11.4 Å². The van der Waals surface area contributed by atoms with Crippen LogP contribution in [0.15, 0.2) is 0 Å². The molecule has 0 radical (unpaired) electrons. The van der Waals surface area contributed by atoms with Gasteiger partial charge in [-0.15, -0.1) is 0 Å². The van der Waals surface area contributed by atoms with Crippen LogP contribution in [0.5, 0.6) is 0 Å². The minimum atomic E-state index is -0.180. The summed E-state index contributed by atoms with van der Waals surface area (Å²) in [6, 6.07) is 0. The van der Waals surface area contributed by atoms with Gasteiger partial charge in [0.2, 0.25) is 0 Å². The third kappa shape index (κ3) is 5.41. The lowest BCUT2D eigenvalue weighted by Crippen LogP contribution is -2.32. The van der Waals surface area contributed by atoms with E-state index in [0.29, 0.717) is 6.61 Å². The van der Waals surface area contributed by atoms with E-state index in [1.807, 2.05) is 0 Å². The molecule has 0 aromatic carbocycles. The summed E-state index contributed by atoms with van der Waals surface area (Å²) < 4.78 is 5.45. The van der Waals surface area contributed by atoms with Gasteiger partial charge in [-0.2, -0.15) is 0 Å². The molecule has 0 aromatic rings. The maximum atomic E-state index is 12.0. The van der Waals surface area contributed by atoms with E-state index in [0.717, 1.165) is 19.3 Å². The van der Waals surface area contributed by atoms with Crippen molar-refractivity contribution in [2.75, 3.05) is 6.61 Å². The fourth-order valence-corrected chi connectivity index (χ4v) is 2.76. The van der Waals surface area contributed by atoms with E-state index in [4.69, 9.17) is 4.74 Å². The Hall–Kier alpha value is -0.530. The maximum absolute atomic E-state index is 12.0. The number of hydrogen-bond donors (Lipinski definition) is 0. The van der Waals surface area contributed by atoms with E-state index < -0.39 is 0 Å². The van der Waals surface area contributed by atoms with Crippen LogP contribution in [0, 0.1) is 5.41 Å². The summed E-state index contributed by atoms with van der Waals surface area (Å²) in [5.41, 5.74) is -0.180. The van der Waals surface area contributed by atoms with Gasteiger partial charge in [0.25, 0.3) is 0 Å². The fourth-order valence-electron chi connectivity index (χ4n) is 2.76. The van der Waals surface area contributed by atoms with Crippen LogP contribution in [-0.4, -0.2) is 12.6 Å². The zero-order valence-electron chi connectivity index (χ0n) is 12.3. The van der Waals surface area contributed by atoms with Crippen LogP contribution in [0.1, 0.15) is 84.5 Å². The largest absolute Gasteiger partial charge is 0.465 e. The van der Waals surface area contributed by atoms with Gasteiger partial charge in [-0.1, -0.05) is 58.3 Å². The molecule has 0 aromatic heterocycles. The summed E-state index contributed by atoms with van der Waals surface area (Å²) in [6.07, 6.45) is 13.1. The molecule has 0 saturated heterocycles. The molecule has 0 amide bonds. The van der Waals surface area contributed by atoms with Crippen molar-refractivity contribution in [1.29, 1.82) is 0 Å². The fraction of sp³-hybridized carbons (Fsp3) is 0.938. The minimum Gasteiger partial charge on any atom is -0.465 e. The Bertz CT molecular complexity index is 229. The van der Waals surface area contributed by atoms with Crippen molar-refractivity contribution in [2.24, 2.45) is 5.41 Å². The monoisotopic (exact) mass is 254 g/mol. The second-order valence-electron chi connectivity index (χ2n) is 6.03. The Labute approximate surface area is 112 Å². The Kier molecular flexibility index (Phi) is 7.38. The molecule has 1 rings (SSSR count). The summed E-state index contributed by atoms with van der Waals surface area (Å²) in [7, 11) is 0. The Morgan fingerprint density at radius 2 is 1.61 bits per heavy atom. The topological polar surface area (TPSA) is 26.3 Å². The summed E-state index contributed by atoms with van der Waals surface area (Å²) in [4.78, 5) is 12.0. The first kappa shape index (κ1) is 15.5. The molecular weight excluding hydrogens is 224 g/mol. The average Bonchev–Trinajstić information content (AvgIpc) is 2.38. The summed E-state index contributed by atoms with van der Waals surface area (Å²) in [5, 5.41) is 0.